The van der Waals surface area contributed by atoms with Crippen LogP contribution in [0, 0.1) is 13.8 Å². The van der Waals surface area contributed by atoms with Crippen LogP contribution in [0.2, 0.25) is 0 Å². The summed E-state index contributed by atoms with van der Waals surface area (Å²) in [5.74, 6) is -1.26. The van der Waals surface area contributed by atoms with E-state index in [0.717, 1.165) is 16.8 Å². The molecule has 25 heavy (non-hydrogen) atoms. The molecular formula is C19H15NO3S2. The third kappa shape index (κ3) is 3.23. The van der Waals surface area contributed by atoms with Gasteiger partial charge in [-0.1, -0.05) is 54.3 Å². The minimum absolute atomic E-state index is 0.152. The maximum absolute atomic E-state index is 12.9. The summed E-state index contributed by atoms with van der Waals surface area (Å²) in [5.41, 5.74) is 3.46. The smallest absolute Gasteiger partial charge is 0.336 e. The SMILES string of the molecule is Cc1cccc(N2C(=O)/C(=C/c3ccccc3C(=O)O)SC2=S)c1C. The first-order chi connectivity index (χ1) is 11.9. The van der Waals surface area contributed by atoms with Crippen molar-refractivity contribution in [1.29, 1.82) is 0 Å². The minimum atomic E-state index is -1.03. The standard InChI is InChI=1S/C19H15NO3S2/c1-11-6-5-9-15(12(11)2)20-17(21)16(25-19(20)24)10-13-7-3-4-8-14(13)18(22)23/h3-10H,1-2H3,(H,22,23)/b16-10-. The zero-order valence-corrected chi connectivity index (χ0v) is 15.3. The van der Waals surface area contributed by atoms with Gasteiger partial charge < -0.3 is 5.11 Å². The van der Waals surface area contributed by atoms with Crippen LogP contribution in [0.4, 0.5) is 5.69 Å². The van der Waals surface area contributed by atoms with Gasteiger partial charge in [-0.3, -0.25) is 9.69 Å². The first-order valence-corrected chi connectivity index (χ1v) is 8.79. The highest BCUT2D eigenvalue weighted by atomic mass is 32.2. The van der Waals surface area contributed by atoms with Crippen molar-refractivity contribution in [3.8, 4) is 0 Å². The molecule has 1 fully saturated rings. The lowest BCUT2D eigenvalue weighted by atomic mass is 10.1. The van der Waals surface area contributed by atoms with Gasteiger partial charge in [0.15, 0.2) is 4.32 Å². The lowest BCUT2D eigenvalue weighted by molar-refractivity contribution is -0.113. The van der Waals surface area contributed by atoms with Crippen molar-refractivity contribution < 1.29 is 14.7 Å². The van der Waals surface area contributed by atoms with E-state index in [4.69, 9.17) is 12.2 Å². The van der Waals surface area contributed by atoms with E-state index in [1.54, 1.807) is 24.3 Å². The van der Waals surface area contributed by atoms with Gasteiger partial charge >= 0.3 is 5.97 Å². The summed E-state index contributed by atoms with van der Waals surface area (Å²) >= 11 is 6.57. The summed E-state index contributed by atoms with van der Waals surface area (Å²) in [5, 5.41) is 9.30. The predicted molar refractivity (Wildman–Crippen MR) is 105 cm³/mol. The number of aryl methyl sites for hydroxylation is 1. The zero-order valence-electron chi connectivity index (χ0n) is 13.6. The van der Waals surface area contributed by atoms with Crippen LogP contribution in [0.5, 0.6) is 0 Å². The molecule has 126 valence electrons. The number of amides is 1. The molecule has 3 rings (SSSR count). The number of carboxylic acid groups (broad SMARTS) is 1. The summed E-state index contributed by atoms with van der Waals surface area (Å²) in [6.45, 7) is 3.93. The van der Waals surface area contributed by atoms with Gasteiger partial charge in [-0.2, -0.15) is 0 Å². The van der Waals surface area contributed by atoms with Crippen LogP contribution in [0.25, 0.3) is 6.08 Å². The molecule has 4 nitrogen and oxygen atoms in total. The first-order valence-electron chi connectivity index (χ1n) is 7.56. The van der Waals surface area contributed by atoms with Crippen molar-refractivity contribution in [3.05, 3.63) is 69.6 Å². The molecule has 2 aromatic carbocycles. The Morgan fingerprint density at radius 1 is 1.16 bits per heavy atom. The molecule has 0 saturated carbocycles. The van der Waals surface area contributed by atoms with Crippen molar-refractivity contribution in [2.75, 3.05) is 4.90 Å². The molecule has 1 aliphatic rings. The highest BCUT2D eigenvalue weighted by Gasteiger charge is 2.34. The van der Waals surface area contributed by atoms with Gasteiger partial charge in [0, 0.05) is 0 Å². The van der Waals surface area contributed by atoms with Gasteiger partial charge in [0.1, 0.15) is 0 Å². The number of thiocarbonyl (C=S) groups is 1. The second kappa shape index (κ2) is 6.82. The number of thioether (sulfide) groups is 1. The van der Waals surface area contributed by atoms with Crippen LogP contribution in [-0.4, -0.2) is 21.3 Å². The average molecular weight is 369 g/mol. The summed E-state index contributed by atoms with van der Waals surface area (Å²) in [7, 11) is 0. The Kier molecular flexibility index (Phi) is 4.74. The molecule has 0 aromatic heterocycles. The van der Waals surface area contributed by atoms with E-state index in [0.29, 0.717) is 14.8 Å². The Morgan fingerprint density at radius 2 is 1.88 bits per heavy atom. The largest absolute Gasteiger partial charge is 0.478 e. The van der Waals surface area contributed by atoms with Gasteiger partial charge in [0.05, 0.1) is 16.2 Å². The van der Waals surface area contributed by atoms with E-state index >= 15 is 0 Å². The normalized spacial score (nSPS) is 15.9. The topological polar surface area (TPSA) is 57.6 Å². The number of anilines is 1. The third-order valence-corrected chi connectivity index (χ3v) is 5.39. The summed E-state index contributed by atoms with van der Waals surface area (Å²) in [6, 6.07) is 12.3. The van der Waals surface area contributed by atoms with Crippen LogP contribution in [0.3, 0.4) is 0 Å². The van der Waals surface area contributed by atoms with Gasteiger partial charge in [0.2, 0.25) is 0 Å². The van der Waals surface area contributed by atoms with Crippen molar-refractivity contribution >= 4 is 51.9 Å². The Bertz CT molecular complexity index is 934. The quantitative estimate of drug-likeness (QED) is 0.642. The monoisotopic (exact) mass is 369 g/mol. The van der Waals surface area contributed by atoms with Crippen molar-refractivity contribution in [3.63, 3.8) is 0 Å². The van der Waals surface area contributed by atoms with Gasteiger partial charge in [-0.15, -0.1) is 0 Å². The summed E-state index contributed by atoms with van der Waals surface area (Å²) in [4.78, 5) is 26.1. The van der Waals surface area contributed by atoms with Gasteiger partial charge in [-0.25, -0.2) is 4.79 Å². The van der Waals surface area contributed by atoms with Gasteiger partial charge in [-0.05, 0) is 48.7 Å². The van der Waals surface area contributed by atoms with E-state index in [9.17, 15) is 14.7 Å². The maximum Gasteiger partial charge on any atom is 0.336 e. The number of hydrogen-bond acceptors (Lipinski definition) is 4. The Morgan fingerprint density at radius 3 is 2.60 bits per heavy atom. The van der Waals surface area contributed by atoms with E-state index in [1.165, 1.54) is 22.7 Å². The van der Waals surface area contributed by atoms with Crippen molar-refractivity contribution in [2.45, 2.75) is 13.8 Å². The molecule has 0 bridgehead atoms. The Hall–Kier alpha value is -2.44. The average Bonchev–Trinajstić information content (AvgIpc) is 2.85. The van der Waals surface area contributed by atoms with Crippen LogP contribution in [0.1, 0.15) is 27.0 Å². The number of nitrogens with zero attached hydrogens (tertiary/aromatic N) is 1. The molecule has 0 spiro atoms. The molecule has 1 saturated heterocycles. The lowest BCUT2D eigenvalue weighted by Crippen LogP contribution is -2.28. The summed E-state index contributed by atoms with van der Waals surface area (Å²) < 4.78 is 0.442. The molecule has 0 aliphatic carbocycles. The zero-order chi connectivity index (χ0) is 18.1. The van der Waals surface area contributed by atoms with Crippen LogP contribution in [0.15, 0.2) is 47.4 Å². The molecule has 2 aromatic rings. The molecule has 0 radical (unpaired) electrons. The highest BCUT2D eigenvalue weighted by Crippen LogP contribution is 2.38. The third-order valence-electron chi connectivity index (χ3n) is 4.09. The summed E-state index contributed by atoms with van der Waals surface area (Å²) in [6.07, 6.45) is 1.59. The number of aromatic carboxylic acids is 1. The Balaban J connectivity index is 2.03. The molecule has 6 heteroatoms. The molecule has 1 aliphatic heterocycles. The van der Waals surface area contributed by atoms with Crippen LogP contribution < -0.4 is 4.90 Å². The number of rotatable bonds is 3. The number of benzene rings is 2. The number of carboxylic acids is 1. The number of hydrogen-bond donors (Lipinski definition) is 1. The number of carbonyl (C=O) groups is 2. The minimum Gasteiger partial charge on any atom is -0.478 e. The fraction of sp³-hybridized carbons (Fsp3) is 0.105. The van der Waals surface area contributed by atoms with Crippen LogP contribution in [-0.2, 0) is 4.79 Å². The highest BCUT2D eigenvalue weighted by molar-refractivity contribution is 8.27. The van der Waals surface area contributed by atoms with E-state index in [-0.39, 0.29) is 11.5 Å². The second-order valence-corrected chi connectivity index (χ2v) is 7.30. The van der Waals surface area contributed by atoms with Crippen LogP contribution >= 0.6 is 24.0 Å². The van der Waals surface area contributed by atoms with E-state index in [2.05, 4.69) is 0 Å². The van der Waals surface area contributed by atoms with E-state index < -0.39 is 5.97 Å². The molecular weight excluding hydrogens is 354 g/mol. The molecule has 1 N–H and O–H groups in total. The maximum atomic E-state index is 12.9. The molecule has 1 heterocycles. The fourth-order valence-electron chi connectivity index (χ4n) is 2.61. The fourth-order valence-corrected chi connectivity index (χ4v) is 3.89. The van der Waals surface area contributed by atoms with Crippen molar-refractivity contribution in [1.82, 2.24) is 0 Å². The second-order valence-electron chi connectivity index (χ2n) is 5.63. The molecule has 0 unspecified atom stereocenters. The van der Waals surface area contributed by atoms with Gasteiger partial charge in [0.25, 0.3) is 5.91 Å². The van der Waals surface area contributed by atoms with Crippen molar-refractivity contribution in [2.24, 2.45) is 0 Å². The Labute approximate surface area is 155 Å². The first kappa shape index (κ1) is 17.4. The number of carbonyl (C=O) groups excluding carboxylic acids is 1. The molecule has 0 atom stereocenters. The van der Waals surface area contributed by atoms with E-state index in [1.807, 2.05) is 32.0 Å². The predicted octanol–water partition coefficient (Wildman–Crippen LogP) is 4.41. The lowest BCUT2D eigenvalue weighted by Gasteiger charge is -2.18. The molecule has 1 amide bonds.